The SMILES string of the molecule is N#Cc1c(N)[nH]c(=O)c(C#N)c1-c1cccc(COc2ccc(F)cc2)c1. The van der Waals surface area contributed by atoms with Crippen LogP contribution in [0.3, 0.4) is 0 Å². The molecule has 6 nitrogen and oxygen atoms in total. The summed E-state index contributed by atoms with van der Waals surface area (Å²) in [5, 5.41) is 18.7. The highest BCUT2D eigenvalue weighted by atomic mass is 19.1. The standard InChI is InChI=1S/C20H13FN4O2/c21-14-4-6-15(7-5-14)27-11-12-2-1-3-13(8-12)18-16(9-22)19(24)25-20(26)17(18)10-23/h1-8H,11H2,(H3,24,25,26). The summed E-state index contributed by atoms with van der Waals surface area (Å²) in [6.45, 7) is 0.182. The predicted molar refractivity (Wildman–Crippen MR) is 97.1 cm³/mol. The Balaban J connectivity index is 1.99. The van der Waals surface area contributed by atoms with E-state index in [-0.39, 0.29) is 34.9 Å². The molecule has 0 bridgehead atoms. The van der Waals surface area contributed by atoms with E-state index in [9.17, 15) is 19.7 Å². The lowest BCUT2D eigenvalue weighted by molar-refractivity contribution is 0.306. The summed E-state index contributed by atoms with van der Waals surface area (Å²) in [5.74, 6) is 0.0476. The first kappa shape index (κ1) is 17.7. The minimum atomic E-state index is -0.656. The highest BCUT2D eigenvalue weighted by molar-refractivity contribution is 5.80. The van der Waals surface area contributed by atoms with Gasteiger partial charge in [0.1, 0.15) is 47.3 Å². The molecule has 0 atom stereocenters. The highest BCUT2D eigenvalue weighted by Gasteiger charge is 2.18. The largest absolute Gasteiger partial charge is 0.489 e. The summed E-state index contributed by atoms with van der Waals surface area (Å²) in [6.07, 6.45) is 0. The van der Waals surface area contributed by atoms with E-state index in [1.165, 1.54) is 24.3 Å². The molecule has 0 saturated carbocycles. The molecule has 3 rings (SSSR count). The van der Waals surface area contributed by atoms with E-state index in [4.69, 9.17) is 10.5 Å². The van der Waals surface area contributed by atoms with Gasteiger partial charge in [0.25, 0.3) is 5.56 Å². The zero-order valence-electron chi connectivity index (χ0n) is 14.0. The van der Waals surface area contributed by atoms with Gasteiger partial charge in [0, 0.05) is 5.56 Å². The zero-order chi connectivity index (χ0) is 19.4. The number of hydrogen-bond acceptors (Lipinski definition) is 5. The molecule has 0 saturated heterocycles. The topological polar surface area (TPSA) is 116 Å². The van der Waals surface area contributed by atoms with Gasteiger partial charge in [-0.25, -0.2) is 4.39 Å². The number of H-pyrrole nitrogens is 1. The van der Waals surface area contributed by atoms with E-state index >= 15 is 0 Å². The molecule has 3 N–H and O–H groups in total. The maximum absolute atomic E-state index is 13.0. The van der Waals surface area contributed by atoms with Crippen molar-refractivity contribution in [3.05, 3.63) is 81.4 Å². The van der Waals surface area contributed by atoms with Gasteiger partial charge >= 0.3 is 0 Å². The third-order valence-corrected chi connectivity index (χ3v) is 3.90. The molecule has 0 amide bonds. The molecule has 0 aliphatic carbocycles. The minimum absolute atomic E-state index is 0.0303. The molecular weight excluding hydrogens is 347 g/mol. The molecule has 132 valence electrons. The Morgan fingerprint density at radius 2 is 1.78 bits per heavy atom. The fraction of sp³-hybridized carbons (Fsp3) is 0.0500. The average molecular weight is 360 g/mol. The van der Waals surface area contributed by atoms with Crippen LogP contribution in [0.5, 0.6) is 5.75 Å². The first-order valence-corrected chi connectivity index (χ1v) is 7.87. The number of nitrogens with one attached hydrogen (secondary N) is 1. The molecule has 1 heterocycles. The van der Waals surface area contributed by atoms with Gasteiger partial charge in [0.2, 0.25) is 0 Å². The number of rotatable bonds is 4. The average Bonchev–Trinajstić information content (AvgIpc) is 2.67. The Kier molecular flexibility index (Phi) is 4.87. The third-order valence-electron chi connectivity index (χ3n) is 3.90. The van der Waals surface area contributed by atoms with Crippen LogP contribution >= 0.6 is 0 Å². The maximum Gasteiger partial charge on any atom is 0.268 e. The van der Waals surface area contributed by atoms with Gasteiger partial charge in [0.15, 0.2) is 0 Å². The number of nitrogen functional groups attached to an aromatic ring is 1. The van der Waals surface area contributed by atoms with Gasteiger partial charge in [-0.2, -0.15) is 10.5 Å². The summed E-state index contributed by atoms with van der Waals surface area (Å²) in [4.78, 5) is 14.3. The zero-order valence-corrected chi connectivity index (χ0v) is 14.0. The Morgan fingerprint density at radius 1 is 1.07 bits per heavy atom. The van der Waals surface area contributed by atoms with Gasteiger partial charge in [-0.3, -0.25) is 4.79 Å². The Morgan fingerprint density at radius 3 is 2.44 bits per heavy atom. The number of ether oxygens (including phenoxy) is 1. The molecular formula is C20H13FN4O2. The fourth-order valence-electron chi connectivity index (χ4n) is 2.65. The van der Waals surface area contributed by atoms with Crippen molar-refractivity contribution in [1.29, 1.82) is 10.5 Å². The molecule has 0 radical (unpaired) electrons. The Bertz CT molecular complexity index is 1140. The van der Waals surface area contributed by atoms with Crippen LogP contribution in [0.25, 0.3) is 11.1 Å². The van der Waals surface area contributed by atoms with Crippen LogP contribution in [0, 0.1) is 28.5 Å². The number of pyridine rings is 1. The van der Waals surface area contributed by atoms with E-state index in [0.717, 1.165) is 5.56 Å². The van der Waals surface area contributed by atoms with Crippen LogP contribution in [-0.4, -0.2) is 4.98 Å². The molecule has 0 spiro atoms. The Hall–Kier alpha value is -4.10. The van der Waals surface area contributed by atoms with Gasteiger partial charge in [-0.05, 0) is 41.5 Å². The third kappa shape index (κ3) is 3.63. The minimum Gasteiger partial charge on any atom is -0.489 e. The van der Waals surface area contributed by atoms with Crippen LogP contribution in [0.4, 0.5) is 10.2 Å². The van der Waals surface area contributed by atoms with Crippen LogP contribution in [0.1, 0.15) is 16.7 Å². The van der Waals surface area contributed by atoms with Crippen LogP contribution in [0.15, 0.2) is 53.3 Å². The van der Waals surface area contributed by atoms with Crippen molar-refractivity contribution in [1.82, 2.24) is 4.98 Å². The van der Waals surface area contributed by atoms with Crippen molar-refractivity contribution in [2.45, 2.75) is 6.61 Å². The summed E-state index contributed by atoms with van der Waals surface area (Å²) < 4.78 is 18.6. The summed E-state index contributed by atoms with van der Waals surface area (Å²) >= 11 is 0. The van der Waals surface area contributed by atoms with Crippen molar-refractivity contribution in [3.8, 4) is 29.0 Å². The number of anilines is 1. The smallest absolute Gasteiger partial charge is 0.268 e. The lowest BCUT2D eigenvalue weighted by Crippen LogP contribution is -2.16. The van der Waals surface area contributed by atoms with Gasteiger partial charge in [0.05, 0.1) is 0 Å². The van der Waals surface area contributed by atoms with Crippen molar-refractivity contribution in [2.75, 3.05) is 5.73 Å². The Labute approximate surface area is 153 Å². The molecule has 0 aliphatic heterocycles. The normalized spacial score (nSPS) is 10.0. The lowest BCUT2D eigenvalue weighted by atomic mass is 9.95. The van der Waals surface area contributed by atoms with E-state index < -0.39 is 5.56 Å². The summed E-state index contributed by atoms with van der Waals surface area (Å²) in [5.41, 5.74) is 6.35. The van der Waals surface area contributed by atoms with Crippen LogP contribution in [0.2, 0.25) is 0 Å². The molecule has 1 aromatic heterocycles. The van der Waals surface area contributed by atoms with Crippen LogP contribution in [-0.2, 0) is 6.61 Å². The molecule has 7 heteroatoms. The number of aromatic nitrogens is 1. The number of benzene rings is 2. The number of nitrogens with zero attached hydrogens (tertiary/aromatic N) is 2. The fourth-order valence-corrected chi connectivity index (χ4v) is 2.65. The molecule has 3 aromatic rings. The number of aromatic amines is 1. The molecule has 0 aliphatic rings. The molecule has 2 aromatic carbocycles. The second kappa shape index (κ2) is 7.42. The molecule has 0 fully saturated rings. The van der Waals surface area contributed by atoms with Gasteiger partial charge in [-0.1, -0.05) is 18.2 Å². The highest BCUT2D eigenvalue weighted by Crippen LogP contribution is 2.28. The monoisotopic (exact) mass is 360 g/mol. The van der Waals surface area contributed by atoms with Gasteiger partial charge in [-0.15, -0.1) is 0 Å². The lowest BCUT2D eigenvalue weighted by Gasteiger charge is -2.11. The maximum atomic E-state index is 13.0. The predicted octanol–water partition coefficient (Wildman–Crippen LogP) is 3.09. The second-order valence-electron chi connectivity index (χ2n) is 5.66. The van der Waals surface area contributed by atoms with Gasteiger partial charge < -0.3 is 15.5 Å². The van der Waals surface area contributed by atoms with E-state index in [1.54, 1.807) is 24.3 Å². The van der Waals surface area contributed by atoms with Crippen LogP contribution < -0.4 is 16.0 Å². The number of hydrogen-bond donors (Lipinski definition) is 2. The first-order valence-electron chi connectivity index (χ1n) is 7.87. The van der Waals surface area contributed by atoms with Crippen molar-refractivity contribution < 1.29 is 9.13 Å². The van der Waals surface area contributed by atoms with E-state index in [0.29, 0.717) is 11.3 Å². The number of nitrogens with two attached hydrogens (primary N) is 1. The van der Waals surface area contributed by atoms with Crippen molar-refractivity contribution in [3.63, 3.8) is 0 Å². The second-order valence-corrected chi connectivity index (χ2v) is 5.66. The number of halogens is 1. The number of nitriles is 2. The van der Waals surface area contributed by atoms with Crippen molar-refractivity contribution >= 4 is 5.82 Å². The summed E-state index contributed by atoms with van der Waals surface area (Å²) in [6, 6.07) is 16.3. The van der Waals surface area contributed by atoms with E-state index in [1.807, 2.05) is 12.1 Å². The molecule has 27 heavy (non-hydrogen) atoms. The first-order chi connectivity index (χ1) is 13.0. The summed E-state index contributed by atoms with van der Waals surface area (Å²) in [7, 11) is 0. The quantitative estimate of drug-likeness (QED) is 0.742. The van der Waals surface area contributed by atoms with Crippen molar-refractivity contribution in [2.24, 2.45) is 0 Å². The van der Waals surface area contributed by atoms with E-state index in [2.05, 4.69) is 4.98 Å². The molecule has 0 unspecified atom stereocenters.